The summed E-state index contributed by atoms with van der Waals surface area (Å²) in [6.07, 6.45) is 6.32. The van der Waals surface area contributed by atoms with Crippen LogP contribution in [0.25, 0.3) is 0 Å². The van der Waals surface area contributed by atoms with Gasteiger partial charge in [0.2, 0.25) is 0 Å². The van der Waals surface area contributed by atoms with Gasteiger partial charge in [-0.1, -0.05) is 20.3 Å². The van der Waals surface area contributed by atoms with Gasteiger partial charge in [-0.05, 0) is 24.7 Å². The molecular formula is C11H19N3O. The lowest BCUT2D eigenvalue weighted by Gasteiger charge is -2.32. The molecule has 1 heterocycles. The average molecular weight is 209 g/mol. The maximum absolute atomic E-state index is 10.6. The van der Waals surface area contributed by atoms with Gasteiger partial charge in [0.25, 0.3) is 0 Å². The largest absolute Gasteiger partial charge is 0.388 e. The summed E-state index contributed by atoms with van der Waals surface area (Å²) in [5.41, 5.74) is -0.581. The Morgan fingerprint density at radius 2 is 2.40 bits per heavy atom. The van der Waals surface area contributed by atoms with Gasteiger partial charge in [0.1, 0.15) is 12.7 Å². The van der Waals surface area contributed by atoms with Crippen LogP contribution in [0.2, 0.25) is 0 Å². The van der Waals surface area contributed by atoms with E-state index in [1.165, 1.54) is 6.33 Å². The fraction of sp³-hybridized carbons (Fsp3) is 0.818. The smallest absolute Gasteiger partial charge is 0.137 e. The van der Waals surface area contributed by atoms with E-state index >= 15 is 0 Å². The molecule has 1 aliphatic carbocycles. The normalized spacial score (nSPS) is 31.3. The molecule has 1 aromatic rings. The minimum Gasteiger partial charge on any atom is -0.388 e. The zero-order valence-electron chi connectivity index (χ0n) is 9.43. The summed E-state index contributed by atoms with van der Waals surface area (Å²) in [5.74, 6) is 0.919. The maximum atomic E-state index is 10.6. The predicted octanol–water partition coefficient (Wildman–Crippen LogP) is 1.47. The number of aromatic nitrogens is 3. The molecule has 0 spiro atoms. The molecule has 2 unspecified atom stereocenters. The average Bonchev–Trinajstić information content (AvgIpc) is 2.75. The van der Waals surface area contributed by atoms with Gasteiger partial charge in [-0.3, -0.25) is 4.68 Å². The van der Waals surface area contributed by atoms with Crippen molar-refractivity contribution >= 4 is 0 Å². The molecule has 0 bridgehead atoms. The summed E-state index contributed by atoms with van der Waals surface area (Å²) >= 11 is 0. The van der Waals surface area contributed by atoms with E-state index in [2.05, 4.69) is 23.9 Å². The standard InChI is InChI=1S/C11H19N3O/c1-9(2)10-4-3-5-11(10,15)6-14-8-12-7-13-14/h7-10,15H,3-6H2,1-2H3. The zero-order valence-corrected chi connectivity index (χ0v) is 9.43. The quantitative estimate of drug-likeness (QED) is 0.820. The van der Waals surface area contributed by atoms with Crippen molar-refractivity contribution in [2.24, 2.45) is 11.8 Å². The van der Waals surface area contributed by atoms with Gasteiger partial charge < -0.3 is 5.11 Å². The van der Waals surface area contributed by atoms with Crippen molar-refractivity contribution in [2.45, 2.75) is 45.3 Å². The van der Waals surface area contributed by atoms with Crippen LogP contribution in [-0.4, -0.2) is 25.5 Å². The van der Waals surface area contributed by atoms with Gasteiger partial charge in [0, 0.05) is 0 Å². The van der Waals surface area contributed by atoms with Crippen LogP contribution in [0.15, 0.2) is 12.7 Å². The highest BCUT2D eigenvalue weighted by Crippen LogP contribution is 2.41. The van der Waals surface area contributed by atoms with Crippen molar-refractivity contribution in [1.82, 2.24) is 14.8 Å². The van der Waals surface area contributed by atoms with Gasteiger partial charge in [0.15, 0.2) is 0 Å². The molecule has 1 aliphatic rings. The Balaban J connectivity index is 2.11. The van der Waals surface area contributed by atoms with Gasteiger partial charge in [-0.2, -0.15) is 5.10 Å². The Hall–Kier alpha value is -0.900. The van der Waals surface area contributed by atoms with Gasteiger partial charge >= 0.3 is 0 Å². The first-order chi connectivity index (χ1) is 7.12. The fourth-order valence-electron chi connectivity index (χ4n) is 2.83. The number of aliphatic hydroxyl groups is 1. The minimum absolute atomic E-state index is 0.390. The van der Waals surface area contributed by atoms with Crippen LogP contribution >= 0.6 is 0 Å². The van der Waals surface area contributed by atoms with Crippen LogP contribution in [0.1, 0.15) is 33.1 Å². The van der Waals surface area contributed by atoms with Crippen molar-refractivity contribution in [3.05, 3.63) is 12.7 Å². The number of hydrogen-bond donors (Lipinski definition) is 1. The molecule has 1 aromatic heterocycles. The molecule has 0 aromatic carbocycles. The SMILES string of the molecule is CC(C)C1CCCC1(O)Cn1cncn1. The summed E-state index contributed by atoms with van der Waals surface area (Å²) in [6, 6.07) is 0. The van der Waals surface area contributed by atoms with E-state index in [1.54, 1.807) is 11.0 Å². The van der Waals surface area contributed by atoms with Crippen LogP contribution in [0.3, 0.4) is 0 Å². The molecule has 2 rings (SSSR count). The van der Waals surface area contributed by atoms with Gasteiger partial charge in [-0.15, -0.1) is 0 Å². The molecule has 4 heteroatoms. The molecule has 4 nitrogen and oxygen atoms in total. The summed E-state index contributed by atoms with van der Waals surface area (Å²) in [7, 11) is 0. The second-order valence-electron chi connectivity index (χ2n) is 4.94. The second-order valence-corrected chi connectivity index (χ2v) is 4.94. The lowest BCUT2D eigenvalue weighted by atomic mass is 9.82. The van der Waals surface area contributed by atoms with E-state index in [0.717, 1.165) is 19.3 Å². The fourth-order valence-corrected chi connectivity index (χ4v) is 2.83. The van der Waals surface area contributed by atoms with Crippen LogP contribution in [0.4, 0.5) is 0 Å². The van der Waals surface area contributed by atoms with E-state index in [0.29, 0.717) is 18.4 Å². The first kappa shape index (κ1) is 10.6. The molecular weight excluding hydrogens is 190 g/mol. The summed E-state index contributed by atoms with van der Waals surface area (Å²) in [6.45, 7) is 4.94. The number of hydrogen-bond acceptors (Lipinski definition) is 3. The molecule has 1 fully saturated rings. The Bertz CT molecular complexity index is 310. The van der Waals surface area contributed by atoms with Gasteiger partial charge in [-0.25, -0.2) is 4.98 Å². The predicted molar refractivity (Wildman–Crippen MR) is 57.2 cm³/mol. The first-order valence-electron chi connectivity index (χ1n) is 5.66. The monoisotopic (exact) mass is 209 g/mol. The molecule has 2 atom stereocenters. The van der Waals surface area contributed by atoms with E-state index in [-0.39, 0.29) is 0 Å². The lowest BCUT2D eigenvalue weighted by Crippen LogP contribution is -2.40. The summed E-state index contributed by atoms with van der Waals surface area (Å²) < 4.78 is 1.74. The van der Waals surface area contributed by atoms with Crippen molar-refractivity contribution in [3.8, 4) is 0 Å². The molecule has 1 N–H and O–H groups in total. The number of rotatable bonds is 3. The molecule has 0 saturated heterocycles. The van der Waals surface area contributed by atoms with E-state index < -0.39 is 5.60 Å². The highest BCUT2D eigenvalue weighted by molar-refractivity contribution is 4.93. The highest BCUT2D eigenvalue weighted by atomic mass is 16.3. The van der Waals surface area contributed by atoms with Crippen LogP contribution in [0.5, 0.6) is 0 Å². The first-order valence-corrected chi connectivity index (χ1v) is 5.66. The Morgan fingerprint density at radius 3 is 3.00 bits per heavy atom. The van der Waals surface area contributed by atoms with Gasteiger partial charge in [0.05, 0.1) is 12.1 Å². The Labute approximate surface area is 90.3 Å². The van der Waals surface area contributed by atoms with E-state index in [1.807, 2.05) is 0 Å². The molecule has 0 radical (unpaired) electrons. The minimum atomic E-state index is -0.581. The molecule has 84 valence electrons. The maximum Gasteiger partial charge on any atom is 0.137 e. The number of nitrogens with zero attached hydrogens (tertiary/aromatic N) is 3. The summed E-state index contributed by atoms with van der Waals surface area (Å²) in [4.78, 5) is 3.91. The second kappa shape index (κ2) is 3.93. The van der Waals surface area contributed by atoms with Crippen molar-refractivity contribution in [2.75, 3.05) is 0 Å². The zero-order chi connectivity index (χ0) is 10.9. The molecule has 0 aliphatic heterocycles. The third-order valence-corrected chi connectivity index (χ3v) is 3.52. The lowest BCUT2D eigenvalue weighted by molar-refractivity contribution is -0.0322. The third kappa shape index (κ3) is 2.04. The Kier molecular flexibility index (Phi) is 2.78. The van der Waals surface area contributed by atoms with Crippen LogP contribution < -0.4 is 0 Å². The summed E-state index contributed by atoms with van der Waals surface area (Å²) in [5, 5.41) is 14.7. The van der Waals surface area contributed by atoms with Crippen molar-refractivity contribution in [3.63, 3.8) is 0 Å². The molecule has 0 amide bonds. The van der Waals surface area contributed by atoms with Crippen molar-refractivity contribution in [1.29, 1.82) is 0 Å². The van der Waals surface area contributed by atoms with E-state index in [4.69, 9.17) is 0 Å². The molecule has 1 saturated carbocycles. The van der Waals surface area contributed by atoms with Crippen LogP contribution in [0, 0.1) is 11.8 Å². The van der Waals surface area contributed by atoms with Crippen LogP contribution in [-0.2, 0) is 6.54 Å². The Morgan fingerprint density at radius 1 is 1.60 bits per heavy atom. The highest BCUT2D eigenvalue weighted by Gasteiger charge is 2.42. The topological polar surface area (TPSA) is 50.9 Å². The third-order valence-electron chi connectivity index (χ3n) is 3.52. The van der Waals surface area contributed by atoms with Crippen molar-refractivity contribution < 1.29 is 5.11 Å². The van der Waals surface area contributed by atoms with E-state index in [9.17, 15) is 5.11 Å². The molecule has 15 heavy (non-hydrogen) atoms.